The molecule has 1 N–H and O–H groups in total. The van der Waals surface area contributed by atoms with E-state index in [-0.39, 0.29) is 17.6 Å². The van der Waals surface area contributed by atoms with Crippen molar-refractivity contribution >= 4 is 11.7 Å². The van der Waals surface area contributed by atoms with Gasteiger partial charge in [0.2, 0.25) is 5.91 Å². The van der Waals surface area contributed by atoms with Crippen LogP contribution in [0, 0.1) is 11.8 Å². The smallest absolute Gasteiger partial charge is 0.228 e. The van der Waals surface area contributed by atoms with Crippen molar-refractivity contribution in [3.05, 3.63) is 35.4 Å². The van der Waals surface area contributed by atoms with Gasteiger partial charge in [0.05, 0.1) is 5.92 Å². The van der Waals surface area contributed by atoms with Crippen LogP contribution in [0.25, 0.3) is 0 Å². The summed E-state index contributed by atoms with van der Waals surface area (Å²) in [6.07, 6.45) is 4.17. The molecule has 2 unspecified atom stereocenters. The van der Waals surface area contributed by atoms with Crippen molar-refractivity contribution in [2.75, 3.05) is 0 Å². The molecule has 19 heavy (non-hydrogen) atoms. The van der Waals surface area contributed by atoms with Crippen molar-refractivity contribution in [1.82, 2.24) is 5.32 Å². The van der Waals surface area contributed by atoms with E-state index in [2.05, 4.69) is 5.32 Å². The Kier molecular flexibility index (Phi) is 2.32. The highest BCUT2D eigenvalue weighted by Gasteiger charge is 2.53. The molecular weight excluding hydrogens is 238 g/mol. The zero-order valence-electron chi connectivity index (χ0n) is 10.8. The fourth-order valence-corrected chi connectivity index (χ4v) is 3.99. The van der Waals surface area contributed by atoms with Crippen molar-refractivity contribution in [3.63, 3.8) is 0 Å². The molecule has 3 aliphatic carbocycles. The van der Waals surface area contributed by atoms with Crippen LogP contribution in [0.5, 0.6) is 0 Å². The van der Waals surface area contributed by atoms with Crippen LogP contribution >= 0.6 is 0 Å². The Balaban J connectivity index is 1.51. The second-order valence-electron chi connectivity index (χ2n) is 6.06. The summed E-state index contributed by atoms with van der Waals surface area (Å²) in [5.41, 5.74) is 1.65. The van der Waals surface area contributed by atoms with Crippen LogP contribution in [0.3, 0.4) is 0 Å². The number of fused-ring (bicyclic) bond motifs is 2. The first kappa shape index (κ1) is 11.2. The second kappa shape index (κ2) is 3.92. The van der Waals surface area contributed by atoms with Crippen LogP contribution in [-0.4, -0.2) is 17.7 Å². The number of amides is 1. The summed E-state index contributed by atoms with van der Waals surface area (Å²) < 4.78 is 0. The van der Waals surface area contributed by atoms with Gasteiger partial charge >= 0.3 is 0 Å². The van der Waals surface area contributed by atoms with E-state index in [4.69, 9.17) is 0 Å². The molecule has 0 radical (unpaired) electrons. The van der Waals surface area contributed by atoms with E-state index >= 15 is 0 Å². The Morgan fingerprint density at radius 1 is 1.16 bits per heavy atom. The summed E-state index contributed by atoms with van der Waals surface area (Å²) in [7, 11) is 0. The van der Waals surface area contributed by atoms with Gasteiger partial charge in [-0.2, -0.15) is 0 Å². The molecule has 3 aliphatic rings. The first-order valence-electron chi connectivity index (χ1n) is 7.18. The highest BCUT2D eigenvalue weighted by molar-refractivity contribution is 6.06. The number of rotatable bonds is 2. The Morgan fingerprint density at radius 3 is 2.68 bits per heavy atom. The molecule has 1 aromatic carbocycles. The van der Waals surface area contributed by atoms with Gasteiger partial charge in [-0.3, -0.25) is 9.59 Å². The van der Waals surface area contributed by atoms with E-state index in [1.807, 2.05) is 24.3 Å². The molecule has 4 atom stereocenters. The third-order valence-electron chi connectivity index (χ3n) is 5.06. The molecule has 4 rings (SSSR count). The molecule has 1 aromatic rings. The first-order valence-corrected chi connectivity index (χ1v) is 7.18. The SMILES string of the molecule is O=C1CC(C(=O)NC2[C@H]3CCC[C@@H]23)c2ccccc21. The average molecular weight is 255 g/mol. The van der Waals surface area contributed by atoms with Gasteiger partial charge in [0.15, 0.2) is 5.78 Å². The Bertz CT molecular complexity index is 556. The minimum atomic E-state index is -0.259. The highest BCUT2D eigenvalue weighted by atomic mass is 16.2. The van der Waals surface area contributed by atoms with E-state index in [9.17, 15) is 9.59 Å². The topological polar surface area (TPSA) is 46.2 Å². The molecule has 2 fully saturated rings. The summed E-state index contributed by atoms with van der Waals surface area (Å²) in [4.78, 5) is 24.3. The maximum Gasteiger partial charge on any atom is 0.228 e. The molecule has 3 nitrogen and oxygen atoms in total. The van der Waals surface area contributed by atoms with Gasteiger partial charge in [0.25, 0.3) is 0 Å². The zero-order chi connectivity index (χ0) is 13.0. The van der Waals surface area contributed by atoms with Crippen LogP contribution in [-0.2, 0) is 4.79 Å². The third-order valence-corrected chi connectivity index (χ3v) is 5.06. The Hall–Kier alpha value is -1.64. The lowest BCUT2D eigenvalue weighted by Crippen LogP contribution is -2.32. The summed E-state index contributed by atoms with van der Waals surface area (Å²) in [5.74, 6) is 1.34. The number of ketones is 1. The van der Waals surface area contributed by atoms with E-state index < -0.39 is 0 Å². The number of hydrogen-bond acceptors (Lipinski definition) is 2. The molecular formula is C16H17NO2. The van der Waals surface area contributed by atoms with Gasteiger partial charge in [-0.1, -0.05) is 30.7 Å². The van der Waals surface area contributed by atoms with Gasteiger partial charge in [-0.05, 0) is 30.2 Å². The van der Waals surface area contributed by atoms with Gasteiger partial charge in [0, 0.05) is 18.0 Å². The zero-order valence-corrected chi connectivity index (χ0v) is 10.8. The molecule has 2 saturated carbocycles. The van der Waals surface area contributed by atoms with Crippen molar-refractivity contribution in [2.45, 2.75) is 37.6 Å². The lowest BCUT2D eigenvalue weighted by molar-refractivity contribution is -0.122. The van der Waals surface area contributed by atoms with E-state index in [1.54, 1.807) is 0 Å². The van der Waals surface area contributed by atoms with Crippen LogP contribution in [0.15, 0.2) is 24.3 Å². The molecule has 0 bridgehead atoms. The van der Waals surface area contributed by atoms with Gasteiger partial charge < -0.3 is 5.32 Å². The highest BCUT2D eigenvalue weighted by Crippen LogP contribution is 2.52. The number of carbonyl (C=O) groups excluding carboxylic acids is 2. The Labute approximate surface area is 112 Å². The first-order chi connectivity index (χ1) is 9.25. The predicted molar refractivity (Wildman–Crippen MR) is 70.9 cm³/mol. The van der Waals surface area contributed by atoms with Crippen LogP contribution < -0.4 is 5.32 Å². The van der Waals surface area contributed by atoms with Gasteiger partial charge in [-0.25, -0.2) is 0 Å². The standard InChI is InChI=1S/C16H17NO2/c18-14-8-13(9-4-1-2-5-10(9)14)16(19)17-15-11-6-3-7-12(11)15/h1-2,4-5,11-13,15H,3,6-8H2,(H,17,19)/t11-,12+,13?,15?. The monoisotopic (exact) mass is 255 g/mol. The van der Waals surface area contributed by atoms with Crippen LogP contribution in [0.2, 0.25) is 0 Å². The Morgan fingerprint density at radius 2 is 1.89 bits per heavy atom. The molecule has 1 amide bonds. The molecule has 0 aromatic heterocycles. The number of Topliss-reactive ketones (excluding diaryl/α,β-unsaturated/α-hetero) is 1. The third kappa shape index (κ3) is 1.64. The predicted octanol–water partition coefficient (Wildman–Crippen LogP) is 2.27. The maximum absolute atomic E-state index is 12.4. The maximum atomic E-state index is 12.4. The minimum Gasteiger partial charge on any atom is -0.352 e. The lowest BCUT2D eigenvalue weighted by atomic mass is 10.0. The molecule has 0 saturated heterocycles. The second-order valence-corrected chi connectivity index (χ2v) is 6.06. The van der Waals surface area contributed by atoms with E-state index in [1.165, 1.54) is 19.3 Å². The van der Waals surface area contributed by atoms with E-state index in [0.29, 0.717) is 12.5 Å². The number of benzene rings is 1. The van der Waals surface area contributed by atoms with Crippen LogP contribution in [0.1, 0.15) is 47.5 Å². The number of nitrogens with one attached hydrogen (secondary N) is 1. The summed E-state index contributed by atoms with van der Waals surface area (Å²) in [6.45, 7) is 0. The van der Waals surface area contributed by atoms with Crippen molar-refractivity contribution in [2.24, 2.45) is 11.8 Å². The minimum absolute atomic E-state index is 0.0534. The fraction of sp³-hybridized carbons (Fsp3) is 0.500. The van der Waals surface area contributed by atoms with Gasteiger partial charge in [-0.15, -0.1) is 0 Å². The quantitative estimate of drug-likeness (QED) is 0.881. The molecule has 0 aliphatic heterocycles. The number of hydrogen-bond donors (Lipinski definition) is 1. The molecule has 0 spiro atoms. The van der Waals surface area contributed by atoms with Gasteiger partial charge in [0.1, 0.15) is 0 Å². The van der Waals surface area contributed by atoms with Crippen LogP contribution in [0.4, 0.5) is 0 Å². The van der Waals surface area contributed by atoms with Crippen molar-refractivity contribution < 1.29 is 9.59 Å². The van der Waals surface area contributed by atoms with E-state index in [0.717, 1.165) is 23.0 Å². The lowest BCUT2D eigenvalue weighted by Gasteiger charge is -2.12. The van der Waals surface area contributed by atoms with Crippen molar-refractivity contribution in [3.8, 4) is 0 Å². The summed E-state index contributed by atoms with van der Waals surface area (Å²) >= 11 is 0. The fourth-order valence-electron chi connectivity index (χ4n) is 3.99. The summed E-state index contributed by atoms with van der Waals surface area (Å²) in [6, 6.07) is 7.91. The largest absolute Gasteiger partial charge is 0.352 e. The summed E-state index contributed by atoms with van der Waals surface area (Å²) in [5, 5.41) is 3.17. The molecule has 0 heterocycles. The normalized spacial score (nSPS) is 34.8. The average Bonchev–Trinajstić information content (AvgIpc) is 2.83. The molecule has 98 valence electrons. The van der Waals surface area contributed by atoms with Crippen molar-refractivity contribution in [1.29, 1.82) is 0 Å². The number of carbonyl (C=O) groups is 2. The molecule has 3 heteroatoms.